The van der Waals surface area contributed by atoms with Crippen molar-refractivity contribution in [3.63, 3.8) is 0 Å². The first-order chi connectivity index (χ1) is 5.15. The van der Waals surface area contributed by atoms with Crippen molar-refractivity contribution in [1.82, 2.24) is 0 Å². The second kappa shape index (κ2) is 3.54. The van der Waals surface area contributed by atoms with E-state index >= 15 is 0 Å². The van der Waals surface area contributed by atoms with Gasteiger partial charge in [0, 0.05) is 14.2 Å². The summed E-state index contributed by atoms with van der Waals surface area (Å²) < 4.78 is 1.03. The highest BCUT2D eigenvalue weighted by atomic mass is 127. The van der Waals surface area contributed by atoms with E-state index in [2.05, 4.69) is 22.6 Å². The summed E-state index contributed by atoms with van der Waals surface area (Å²) in [6, 6.07) is 3.49. The second-order valence-corrected chi connectivity index (χ2v) is 3.80. The summed E-state index contributed by atoms with van der Waals surface area (Å²) in [5.74, 6) is 0. The second-order valence-electron chi connectivity index (χ2n) is 2.23. The molecule has 0 saturated carbocycles. The maximum Gasteiger partial charge on any atom is 0.150 e. The third-order valence-electron chi connectivity index (χ3n) is 1.44. The topological polar surface area (TPSA) is 17.1 Å². The lowest BCUT2D eigenvalue weighted by atomic mass is 10.2. The van der Waals surface area contributed by atoms with Gasteiger partial charge in [0.1, 0.15) is 6.29 Å². The Bertz CT molecular complexity index is 273. The van der Waals surface area contributed by atoms with Gasteiger partial charge in [0.25, 0.3) is 0 Å². The van der Waals surface area contributed by atoms with Gasteiger partial charge in [-0.2, -0.15) is 0 Å². The van der Waals surface area contributed by atoms with Crippen LogP contribution in [0.15, 0.2) is 12.1 Å². The molecule has 0 unspecified atom stereocenters. The predicted octanol–water partition coefficient (Wildman–Crippen LogP) is 3.07. The summed E-state index contributed by atoms with van der Waals surface area (Å²) in [6.07, 6.45) is 0.799. The SMILES string of the molecule is Cc1c(Cl)cc(C=O)cc1I. The summed E-state index contributed by atoms with van der Waals surface area (Å²) in [6.45, 7) is 1.93. The van der Waals surface area contributed by atoms with E-state index < -0.39 is 0 Å². The van der Waals surface area contributed by atoms with E-state index in [0.29, 0.717) is 10.6 Å². The average Bonchev–Trinajstić information content (AvgIpc) is 1.99. The maximum absolute atomic E-state index is 10.4. The molecule has 0 atom stereocenters. The first-order valence-electron chi connectivity index (χ1n) is 3.06. The van der Waals surface area contributed by atoms with Gasteiger partial charge in [0.05, 0.1) is 0 Å². The summed E-state index contributed by atoms with van der Waals surface area (Å²) in [7, 11) is 0. The molecular weight excluding hydrogens is 274 g/mol. The number of rotatable bonds is 1. The van der Waals surface area contributed by atoms with E-state index in [-0.39, 0.29) is 0 Å². The van der Waals surface area contributed by atoms with E-state index in [4.69, 9.17) is 11.6 Å². The Morgan fingerprint density at radius 1 is 1.55 bits per heavy atom. The Balaban J connectivity index is 3.31. The van der Waals surface area contributed by atoms with E-state index in [1.807, 2.05) is 13.0 Å². The highest BCUT2D eigenvalue weighted by Crippen LogP contribution is 2.21. The third-order valence-corrected chi connectivity index (χ3v) is 2.95. The van der Waals surface area contributed by atoms with E-state index in [9.17, 15) is 4.79 Å². The zero-order valence-electron chi connectivity index (χ0n) is 5.90. The maximum atomic E-state index is 10.4. The molecule has 11 heavy (non-hydrogen) atoms. The summed E-state index contributed by atoms with van der Waals surface area (Å²) in [5.41, 5.74) is 1.66. The molecule has 0 radical (unpaired) electrons. The Hall–Kier alpha value is -0.0900. The van der Waals surface area contributed by atoms with Crippen LogP contribution in [0.25, 0.3) is 0 Å². The van der Waals surface area contributed by atoms with Crippen molar-refractivity contribution in [3.8, 4) is 0 Å². The highest BCUT2D eigenvalue weighted by Gasteiger charge is 2.01. The average molecular weight is 280 g/mol. The van der Waals surface area contributed by atoms with Crippen molar-refractivity contribution in [3.05, 3.63) is 31.9 Å². The van der Waals surface area contributed by atoms with Crippen LogP contribution in [0.1, 0.15) is 15.9 Å². The van der Waals surface area contributed by atoms with Gasteiger partial charge in [0.15, 0.2) is 0 Å². The Morgan fingerprint density at radius 2 is 2.18 bits per heavy atom. The first kappa shape index (κ1) is 9.00. The molecule has 0 aliphatic carbocycles. The fourth-order valence-corrected chi connectivity index (χ4v) is 1.77. The van der Waals surface area contributed by atoms with Crippen molar-refractivity contribution < 1.29 is 4.79 Å². The molecule has 58 valence electrons. The molecule has 0 bridgehead atoms. The number of aldehydes is 1. The summed E-state index contributed by atoms with van der Waals surface area (Å²) in [5, 5.41) is 0.652. The van der Waals surface area contributed by atoms with Crippen LogP contribution in [0.4, 0.5) is 0 Å². The number of hydrogen-bond donors (Lipinski definition) is 0. The Morgan fingerprint density at radius 3 is 2.64 bits per heavy atom. The highest BCUT2D eigenvalue weighted by molar-refractivity contribution is 14.1. The first-order valence-corrected chi connectivity index (χ1v) is 4.51. The van der Waals surface area contributed by atoms with Gasteiger partial charge < -0.3 is 0 Å². The van der Waals surface area contributed by atoms with Gasteiger partial charge in [-0.25, -0.2) is 0 Å². The molecule has 3 heteroatoms. The minimum atomic E-state index is 0.630. The van der Waals surface area contributed by atoms with Gasteiger partial charge in [-0.15, -0.1) is 0 Å². The van der Waals surface area contributed by atoms with Crippen LogP contribution < -0.4 is 0 Å². The van der Waals surface area contributed by atoms with Crippen LogP contribution in [0.5, 0.6) is 0 Å². The van der Waals surface area contributed by atoms with Crippen LogP contribution in [0.3, 0.4) is 0 Å². The van der Waals surface area contributed by atoms with Gasteiger partial charge in [-0.1, -0.05) is 11.6 Å². The Labute approximate surface area is 83.9 Å². The van der Waals surface area contributed by atoms with Gasteiger partial charge in [-0.3, -0.25) is 4.79 Å². The smallest absolute Gasteiger partial charge is 0.150 e. The van der Waals surface area contributed by atoms with Crippen molar-refractivity contribution in [2.45, 2.75) is 6.92 Å². The normalized spacial score (nSPS) is 9.73. The molecule has 0 fully saturated rings. The molecular formula is C8H6ClIO. The number of carbonyl (C=O) groups excluding carboxylic acids is 1. The fraction of sp³-hybridized carbons (Fsp3) is 0.125. The lowest BCUT2D eigenvalue weighted by molar-refractivity contribution is 0.112. The summed E-state index contributed by atoms with van der Waals surface area (Å²) >= 11 is 7.99. The lowest BCUT2D eigenvalue weighted by Crippen LogP contribution is -1.86. The number of hydrogen-bond acceptors (Lipinski definition) is 1. The predicted molar refractivity (Wildman–Crippen MR) is 54.3 cm³/mol. The van der Waals surface area contributed by atoms with Gasteiger partial charge in [0.2, 0.25) is 0 Å². The number of benzene rings is 1. The van der Waals surface area contributed by atoms with Gasteiger partial charge >= 0.3 is 0 Å². The summed E-state index contributed by atoms with van der Waals surface area (Å²) in [4.78, 5) is 10.4. The molecule has 0 N–H and O–H groups in total. The van der Waals surface area contributed by atoms with Gasteiger partial charge in [-0.05, 0) is 47.2 Å². The third kappa shape index (κ3) is 1.93. The zero-order chi connectivity index (χ0) is 8.43. The van der Waals surface area contributed by atoms with Crippen molar-refractivity contribution in [2.24, 2.45) is 0 Å². The van der Waals surface area contributed by atoms with E-state index in [1.165, 1.54) is 0 Å². The van der Waals surface area contributed by atoms with Crippen molar-refractivity contribution in [2.75, 3.05) is 0 Å². The molecule has 0 saturated heterocycles. The van der Waals surface area contributed by atoms with Crippen LogP contribution in [-0.4, -0.2) is 6.29 Å². The van der Waals surface area contributed by atoms with Crippen molar-refractivity contribution in [1.29, 1.82) is 0 Å². The molecule has 0 spiro atoms. The van der Waals surface area contributed by atoms with Crippen LogP contribution >= 0.6 is 34.2 Å². The number of carbonyl (C=O) groups is 1. The Kier molecular flexibility index (Phi) is 2.90. The molecule has 1 nitrogen and oxygen atoms in total. The van der Waals surface area contributed by atoms with Crippen molar-refractivity contribution >= 4 is 40.5 Å². The monoisotopic (exact) mass is 280 g/mol. The molecule has 0 heterocycles. The minimum Gasteiger partial charge on any atom is -0.298 e. The quantitative estimate of drug-likeness (QED) is 0.571. The molecule has 1 aromatic carbocycles. The fourth-order valence-electron chi connectivity index (χ4n) is 0.733. The van der Waals surface area contributed by atoms with Crippen LogP contribution in [0.2, 0.25) is 5.02 Å². The minimum absolute atomic E-state index is 0.630. The number of halogens is 2. The molecule has 0 aromatic heterocycles. The molecule has 0 amide bonds. The lowest BCUT2D eigenvalue weighted by Gasteiger charge is -2.00. The zero-order valence-corrected chi connectivity index (χ0v) is 8.81. The molecule has 0 aliphatic heterocycles. The molecule has 1 aromatic rings. The molecule has 1 rings (SSSR count). The molecule has 0 aliphatic rings. The van der Waals surface area contributed by atoms with E-state index in [0.717, 1.165) is 15.4 Å². The van der Waals surface area contributed by atoms with E-state index in [1.54, 1.807) is 6.07 Å². The standard InChI is InChI=1S/C8H6ClIO/c1-5-7(9)2-6(4-11)3-8(5)10/h2-4H,1H3. The van der Waals surface area contributed by atoms with Crippen LogP contribution in [-0.2, 0) is 0 Å². The largest absolute Gasteiger partial charge is 0.298 e. The van der Waals surface area contributed by atoms with Crippen LogP contribution in [0, 0.1) is 10.5 Å².